The predicted molar refractivity (Wildman–Crippen MR) is 136 cm³/mol. The Morgan fingerprint density at radius 1 is 0.974 bits per heavy atom. The number of hydrogen-bond donors (Lipinski definition) is 3. The molecule has 0 spiro atoms. The van der Waals surface area contributed by atoms with E-state index >= 15 is 0 Å². The Kier molecular flexibility index (Phi) is 7.91. The van der Waals surface area contributed by atoms with E-state index in [-0.39, 0.29) is 18.0 Å². The number of urea groups is 1. The first-order chi connectivity index (χ1) is 18.0. The van der Waals surface area contributed by atoms with Gasteiger partial charge in [0, 0.05) is 18.8 Å². The summed E-state index contributed by atoms with van der Waals surface area (Å²) in [6.07, 6.45) is -3.47. The number of carboxylic acids is 1. The first kappa shape index (κ1) is 27.0. The molecule has 1 saturated heterocycles. The molecule has 3 N–H and O–H groups in total. The molecule has 0 bridgehead atoms. The minimum absolute atomic E-state index is 0.0452. The van der Waals surface area contributed by atoms with Crippen molar-refractivity contribution in [2.45, 2.75) is 31.6 Å². The summed E-state index contributed by atoms with van der Waals surface area (Å²) >= 11 is 5.74. The molecule has 0 radical (unpaired) electrons. The van der Waals surface area contributed by atoms with Crippen molar-refractivity contribution in [3.8, 4) is 11.1 Å². The van der Waals surface area contributed by atoms with Gasteiger partial charge in [0.1, 0.15) is 6.04 Å². The van der Waals surface area contributed by atoms with Gasteiger partial charge in [-0.25, -0.2) is 9.59 Å². The van der Waals surface area contributed by atoms with Gasteiger partial charge in [-0.15, -0.1) is 0 Å². The molecule has 38 heavy (non-hydrogen) atoms. The van der Waals surface area contributed by atoms with Crippen LogP contribution >= 0.6 is 11.6 Å². The molecule has 3 aromatic rings. The summed E-state index contributed by atoms with van der Waals surface area (Å²) < 4.78 is 38.7. The molecule has 7 nitrogen and oxygen atoms in total. The fraction of sp³-hybridized carbons (Fsp3) is 0.222. The topological polar surface area (TPSA) is 98.7 Å². The van der Waals surface area contributed by atoms with Crippen LogP contribution in [0.5, 0.6) is 0 Å². The van der Waals surface area contributed by atoms with Gasteiger partial charge in [0.25, 0.3) is 0 Å². The number of carbonyl (C=O) groups excluding carboxylic acids is 2. The largest absolute Gasteiger partial charge is 0.478 e. The zero-order chi connectivity index (χ0) is 27.4. The van der Waals surface area contributed by atoms with Crippen LogP contribution in [-0.2, 0) is 17.5 Å². The van der Waals surface area contributed by atoms with Crippen LogP contribution in [0.1, 0.15) is 34.3 Å². The number of rotatable bonds is 6. The van der Waals surface area contributed by atoms with Gasteiger partial charge in [-0.2, -0.15) is 13.2 Å². The van der Waals surface area contributed by atoms with Crippen molar-refractivity contribution >= 4 is 35.2 Å². The number of benzene rings is 3. The van der Waals surface area contributed by atoms with Gasteiger partial charge >= 0.3 is 18.2 Å². The molecule has 4 rings (SSSR count). The van der Waals surface area contributed by atoms with E-state index in [2.05, 4.69) is 10.6 Å². The number of carbonyl (C=O) groups is 3. The van der Waals surface area contributed by atoms with E-state index < -0.39 is 34.8 Å². The molecule has 198 valence electrons. The van der Waals surface area contributed by atoms with E-state index in [1.807, 2.05) is 0 Å². The molecule has 1 atom stereocenters. The van der Waals surface area contributed by atoms with Crippen molar-refractivity contribution < 1.29 is 32.7 Å². The smallest absolute Gasteiger partial charge is 0.417 e. The highest BCUT2D eigenvalue weighted by molar-refractivity contribution is 6.31. The van der Waals surface area contributed by atoms with Gasteiger partial charge in [0.05, 0.1) is 16.1 Å². The third-order valence-electron chi connectivity index (χ3n) is 6.22. The van der Waals surface area contributed by atoms with Crippen LogP contribution in [0.2, 0.25) is 5.02 Å². The van der Waals surface area contributed by atoms with Gasteiger partial charge in [0.2, 0.25) is 5.91 Å². The van der Waals surface area contributed by atoms with Crippen LogP contribution < -0.4 is 10.6 Å². The predicted octanol–water partition coefficient (Wildman–Crippen LogP) is 6.04. The zero-order valence-electron chi connectivity index (χ0n) is 19.9. The lowest BCUT2D eigenvalue weighted by Gasteiger charge is -2.24. The number of nitrogens with one attached hydrogen (secondary N) is 2. The van der Waals surface area contributed by atoms with Crippen molar-refractivity contribution in [3.05, 3.63) is 88.4 Å². The normalized spacial score (nSPS) is 15.3. The molecule has 1 aliphatic rings. The maximum atomic E-state index is 12.9. The fourth-order valence-electron chi connectivity index (χ4n) is 4.24. The highest BCUT2D eigenvalue weighted by atomic mass is 35.5. The summed E-state index contributed by atoms with van der Waals surface area (Å²) in [4.78, 5) is 38.1. The zero-order valence-corrected chi connectivity index (χ0v) is 20.6. The van der Waals surface area contributed by atoms with E-state index in [1.54, 1.807) is 36.4 Å². The van der Waals surface area contributed by atoms with E-state index in [0.717, 1.165) is 23.3 Å². The van der Waals surface area contributed by atoms with Crippen molar-refractivity contribution in [1.82, 2.24) is 10.2 Å². The molecule has 0 unspecified atom stereocenters. The van der Waals surface area contributed by atoms with Crippen LogP contribution in [0.3, 0.4) is 0 Å². The second-order valence-corrected chi connectivity index (χ2v) is 9.18. The Bertz CT molecular complexity index is 1350. The van der Waals surface area contributed by atoms with Crippen molar-refractivity contribution in [2.75, 3.05) is 11.9 Å². The first-order valence-corrected chi connectivity index (χ1v) is 12.1. The molecule has 0 aromatic heterocycles. The maximum absolute atomic E-state index is 12.9. The summed E-state index contributed by atoms with van der Waals surface area (Å²) in [7, 11) is 0. The second-order valence-electron chi connectivity index (χ2n) is 8.77. The molecule has 3 amide bonds. The molecule has 11 heteroatoms. The Balaban J connectivity index is 1.34. The van der Waals surface area contributed by atoms with E-state index in [4.69, 9.17) is 16.7 Å². The second kappa shape index (κ2) is 11.1. The summed E-state index contributed by atoms with van der Waals surface area (Å²) in [6.45, 7) is 0.319. The number of carboxylic acid groups (broad SMARTS) is 1. The summed E-state index contributed by atoms with van der Waals surface area (Å²) in [5.41, 5.74) is 1.83. The van der Waals surface area contributed by atoms with E-state index in [1.165, 1.54) is 23.1 Å². The Labute approximate surface area is 221 Å². The van der Waals surface area contributed by atoms with Gasteiger partial charge < -0.3 is 20.6 Å². The average molecular weight is 546 g/mol. The highest BCUT2D eigenvalue weighted by Gasteiger charge is 2.35. The Morgan fingerprint density at radius 2 is 1.61 bits per heavy atom. The van der Waals surface area contributed by atoms with Crippen LogP contribution in [-0.4, -0.2) is 40.5 Å². The Morgan fingerprint density at radius 3 is 2.18 bits per heavy atom. The lowest BCUT2D eigenvalue weighted by Crippen LogP contribution is -2.47. The molecular formula is C27H23ClF3N3O4. The first-order valence-electron chi connectivity index (χ1n) is 11.7. The summed E-state index contributed by atoms with van der Waals surface area (Å²) in [6, 6.07) is 15.5. The Hall–Kier alpha value is -4.05. The number of halogens is 4. The summed E-state index contributed by atoms with van der Waals surface area (Å²) in [5, 5.41) is 14.0. The quantitative estimate of drug-likeness (QED) is 0.352. The monoisotopic (exact) mass is 545 g/mol. The number of alkyl halides is 3. The van der Waals surface area contributed by atoms with Crippen molar-refractivity contribution in [3.63, 3.8) is 0 Å². The number of nitrogens with zero attached hydrogens (tertiary/aromatic N) is 1. The standard InChI is InChI=1S/C27H23ClF3N3O4/c28-22-14-16(3-12-21(22)27(29,30)31)15-32-26(38)34-13-1-2-23(34)24(35)33-20-10-8-18(9-11-20)17-4-6-19(7-5-17)25(36)37/h3-12,14,23H,1-2,13,15H2,(H,32,38)(H,33,35)(H,36,37)/t23-/m1/s1. The van der Waals surface area contributed by atoms with Gasteiger partial charge in [-0.3, -0.25) is 4.79 Å². The van der Waals surface area contributed by atoms with Crippen LogP contribution in [0.25, 0.3) is 11.1 Å². The highest BCUT2D eigenvalue weighted by Crippen LogP contribution is 2.35. The number of anilines is 1. The number of aromatic carboxylic acids is 1. The molecule has 0 aliphatic carbocycles. The van der Waals surface area contributed by atoms with E-state index in [0.29, 0.717) is 30.6 Å². The number of hydrogen-bond acceptors (Lipinski definition) is 3. The third kappa shape index (κ3) is 6.25. The van der Waals surface area contributed by atoms with Gasteiger partial charge in [0.15, 0.2) is 0 Å². The molecule has 1 heterocycles. The SMILES string of the molecule is O=C(O)c1ccc(-c2ccc(NC(=O)[C@H]3CCCN3C(=O)NCc3ccc(C(F)(F)F)c(Cl)c3)cc2)cc1. The lowest BCUT2D eigenvalue weighted by molar-refractivity contribution is -0.137. The lowest BCUT2D eigenvalue weighted by atomic mass is 10.0. The fourth-order valence-corrected chi connectivity index (χ4v) is 4.55. The minimum Gasteiger partial charge on any atom is -0.478 e. The van der Waals surface area contributed by atoms with Gasteiger partial charge in [-0.05, 0) is 65.9 Å². The molecule has 1 fully saturated rings. The number of likely N-dealkylation sites (tertiary alicyclic amines) is 1. The van der Waals surface area contributed by atoms with Crippen LogP contribution in [0, 0.1) is 0 Å². The van der Waals surface area contributed by atoms with E-state index in [9.17, 15) is 27.6 Å². The molecular weight excluding hydrogens is 523 g/mol. The van der Waals surface area contributed by atoms with Crippen molar-refractivity contribution in [1.29, 1.82) is 0 Å². The average Bonchev–Trinajstić information content (AvgIpc) is 3.37. The van der Waals surface area contributed by atoms with Gasteiger partial charge in [-0.1, -0.05) is 41.9 Å². The minimum atomic E-state index is -4.57. The van der Waals surface area contributed by atoms with Crippen molar-refractivity contribution in [2.24, 2.45) is 0 Å². The molecule has 0 saturated carbocycles. The number of amides is 3. The van der Waals surface area contributed by atoms with Crippen LogP contribution in [0.15, 0.2) is 66.7 Å². The molecule has 3 aromatic carbocycles. The van der Waals surface area contributed by atoms with Crippen LogP contribution in [0.4, 0.5) is 23.7 Å². The molecule has 1 aliphatic heterocycles. The third-order valence-corrected chi connectivity index (χ3v) is 6.53. The maximum Gasteiger partial charge on any atom is 0.417 e. The summed E-state index contributed by atoms with van der Waals surface area (Å²) in [5.74, 6) is -1.36.